The summed E-state index contributed by atoms with van der Waals surface area (Å²) in [5.41, 5.74) is 1.93. The van der Waals surface area contributed by atoms with Gasteiger partial charge in [-0.1, -0.05) is 38.1 Å². The SMILES string of the molecule is CC1(C)[C@@H]2CC[C@@]1(CS(=O)(=O)N1CCC3(CCc4ccccc43)CC1)[C@@H](N1C(=O)C3CCC(=N)N3C1=O)C2. The van der Waals surface area contributed by atoms with Gasteiger partial charge in [0, 0.05) is 31.0 Å². The number of hydrogen-bond donors (Lipinski definition) is 1. The van der Waals surface area contributed by atoms with E-state index in [1.807, 2.05) is 0 Å². The first-order valence-electron chi connectivity index (χ1n) is 14.3. The van der Waals surface area contributed by atoms with Gasteiger partial charge in [0.2, 0.25) is 10.0 Å². The zero-order valence-corrected chi connectivity index (χ0v) is 23.2. The number of sulfonamides is 1. The normalized spacial score (nSPS) is 35.5. The lowest BCUT2D eigenvalue weighted by Crippen LogP contribution is -2.57. The number of carbonyl (C=O) groups excluding carboxylic acids is 2. The molecule has 0 radical (unpaired) electrons. The fraction of sp³-hybridized carbons (Fsp3) is 0.690. The van der Waals surface area contributed by atoms with Crippen LogP contribution in [0.15, 0.2) is 24.3 Å². The number of benzene rings is 1. The summed E-state index contributed by atoms with van der Waals surface area (Å²) in [4.78, 5) is 29.7. The van der Waals surface area contributed by atoms with Gasteiger partial charge in [0.1, 0.15) is 11.9 Å². The Balaban J connectivity index is 1.16. The number of nitrogens with zero attached hydrogens (tertiary/aromatic N) is 3. The van der Waals surface area contributed by atoms with Crippen LogP contribution in [0.25, 0.3) is 0 Å². The molecule has 5 fully saturated rings. The smallest absolute Gasteiger partial charge is 0.288 e. The first-order valence-corrected chi connectivity index (χ1v) is 15.9. The van der Waals surface area contributed by atoms with Gasteiger partial charge in [-0.15, -0.1) is 0 Å². The molecule has 0 aromatic heterocycles. The highest BCUT2D eigenvalue weighted by atomic mass is 32.2. The molecule has 7 rings (SSSR count). The molecule has 9 heteroatoms. The van der Waals surface area contributed by atoms with Crippen LogP contribution in [0.4, 0.5) is 4.79 Å². The van der Waals surface area contributed by atoms with Crippen molar-refractivity contribution in [1.82, 2.24) is 14.1 Å². The molecule has 204 valence electrons. The largest absolute Gasteiger partial charge is 0.333 e. The van der Waals surface area contributed by atoms with Gasteiger partial charge in [0.05, 0.1) is 5.75 Å². The van der Waals surface area contributed by atoms with E-state index in [9.17, 15) is 18.0 Å². The van der Waals surface area contributed by atoms with Gasteiger partial charge in [-0.25, -0.2) is 17.5 Å². The van der Waals surface area contributed by atoms with Crippen LogP contribution in [-0.2, 0) is 26.7 Å². The van der Waals surface area contributed by atoms with E-state index in [1.54, 1.807) is 4.31 Å². The number of urea groups is 1. The molecule has 3 aliphatic carbocycles. The summed E-state index contributed by atoms with van der Waals surface area (Å²) in [5.74, 6) is 0.229. The zero-order valence-electron chi connectivity index (χ0n) is 22.4. The summed E-state index contributed by atoms with van der Waals surface area (Å²) in [6.45, 7) is 5.34. The second kappa shape index (κ2) is 7.90. The number of nitrogens with one attached hydrogen (secondary N) is 1. The summed E-state index contributed by atoms with van der Waals surface area (Å²) >= 11 is 0. The van der Waals surface area contributed by atoms with Gasteiger partial charge in [-0.05, 0) is 79.2 Å². The van der Waals surface area contributed by atoms with E-state index in [1.165, 1.54) is 20.9 Å². The van der Waals surface area contributed by atoms with E-state index < -0.39 is 33.6 Å². The van der Waals surface area contributed by atoms with Crippen LogP contribution in [0, 0.1) is 22.2 Å². The monoisotopic (exact) mass is 538 g/mol. The number of fused-ring (bicyclic) bond motifs is 5. The van der Waals surface area contributed by atoms with Crippen molar-refractivity contribution in [2.45, 2.75) is 89.1 Å². The molecule has 1 aromatic rings. The molecule has 1 spiro atoms. The highest BCUT2D eigenvalue weighted by Crippen LogP contribution is 2.68. The van der Waals surface area contributed by atoms with Crippen molar-refractivity contribution in [2.24, 2.45) is 16.7 Å². The Bertz CT molecular complexity index is 1350. The van der Waals surface area contributed by atoms with Crippen LogP contribution < -0.4 is 0 Å². The summed E-state index contributed by atoms with van der Waals surface area (Å²) in [6, 6.07) is 7.20. The molecule has 4 atom stereocenters. The molecule has 6 aliphatic rings. The third kappa shape index (κ3) is 3.06. The standard InChI is InChI=1S/C29H38N4O4S/c1-27(2)20-10-12-29(27,23(17-20)33-25(34)22-7-8-24(30)32(22)26(33)35)18-38(36,37)31-15-13-28(14-16-31)11-9-19-5-3-4-6-21(19)28/h3-6,20,22-23,30H,7-18H2,1-2H3/t20-,22?,23+,29-/m1/s1. The number of aryl methyl sites for hydroxylation is 1. The number of carbonyl (C=O) groups is 2. The minimum absolute atomic E-state index is 0.0169. The lowest BCUT2D eigenvalue weighted by molar-refractivity contribution is -0.131. The first kappa shape index (κ1) is 24.8. The number of amides is 3. The number of hydrogen-bond acceptors (Lipinski definition) is 5. The predicted molar refractivity (Wildman–Crippen MR) is 143 cm³/mol. The van der Waals surface area contributed by atoms with Crippen LogP contribution in [0.3, 0.4) is 0 Å². The molecule has 3 saturated heterocycles. The van der Waals surface area contributed by atoms with Crippen molar-refractivity contribution in [3.63, 3.8) is 0 Å². The van der Waals surface area contributed by atoms with Gasteiger partial charge in [0.25, 0.3) is 5.91 Å². The van der Waals surface area contributed by atoms with Gasteiger partial charge in [-0.3, -0.25) is 20.0 Å². The molecule has 8 nitrogen and oxygen atoms in total. The number of rotatable bonds is 4. The molecule has 1 aromatic carbocycles. The number of imide groups is 1. The average Bonchev–Trinajstić information content (AvgIpc) is 3.62. The summed E-state index contributed by atoms with van der Waals surface area (Å²) in [5, 5.41) is 8.20. The Morgan fingerprint density at radius 1 is 0.974 bits per heavy atom. The van der Waals surface area contributed by atoms with Crippen LogP contribution in [0.1, 0.15) is 76.3 Å². The Hall–Kier alpha value is -2.26. The second-order valence-corrected chi connectivity index (χ2v) is 15.3. The van der Waals surface area contributed by atoms with Crippen LogP contribution >= 0.6 is 0 Å². The van der Waals surface area contributed by atoms with Gasteiger partial charge < -0.3 is 0 Å². The minimum Gasteiger partial charge on any atom is -0.288 e. The van der Waals surface area contributed by atoms with Crippen LogP contribution in [-0.4, -0.2) is 71.2 Å². The van der Waals surface area contributed by atoms with Crippen molar-refractivity contribution < 1.29 is 18.0 Å². The molecular formula is C29H38N4O4S. The molecule has 3 amide bonds. The molecule has 2 bridgehead atoms. The van der Waals surface area contributed by atoms with Gasteiger partial charge in [-0.2, -0.15) is 0 Å². The lowest BCUT2D eigenvalue weighted by Gasteiger charge is -2.46. The lowest BCUT2D eigenvalue weighted by atomic mass is 9.68. The Kier molecular flexibility index (Phi) is 5.15. The zero-order chi connectivity index (χ0) is 26.7. The Morgan fingerprint density at radius 2 is 1.71 bits per heavy atom. The third-order valence-corrected chi connectivity index (χ3v) is 13.9. The maximum absolute atomic E-state index is 14.1. The third-order valence-electron chi connectivity index (χ3n) is 11.9. The molecule has 3 aliphatic heterocycles. The molecular weight excluding hydrogens is 500 g/mol. The first-order chi connectivity index (χ1) is 18.0. The van der Waals surface area contributed by atoms with E-state index in [0.717, 1.165) is 32.1 Å². The summed E-state index contributed by atoms with van der Waals surface area (Å²) < 4.78 is 30.0. The number of amidine groups is 1. The van der Waals surface area contributed by atoms with Crippen molar-refractivity contribution in [3.8, 4) is 0 Å². The maximum atomic E-state index is 14.1. The molecule has 38 heavy (non-hydrogen) atoms. The maximum Gasteiger partial charge on any atom is 0.333 e. The Morgan fingerprint density at radius 3 is 2.42 bits per heavy atom. The van der Waals surface area contributed by atoms with Crippen LogP contribution in [0.5, 0.6) is 0 Å². The average molecular weight is 539 g/mol. The molecule has 2 saturated carbocycles. The van der Waals surface area contributed by atoms with E-state index in [0.29, 0.717) is 38.8 Å². The highest BCUT2D eigenvalue weighted by Gasteiger charge is 2.70. The topological polar surface area (TPSA) is 102 Å². The van der Waals surface area contributed by atoms with Crippen LogP contribution in [0.2, 0.25) is 0 Å². The highest BCUT2D eigenvalue weighted by molar-refractivity contribution is 7.89. The fourth-order valence-corrected chi connectivity index (χ4v) is 11.8. The van der Waals surface area contributed by atoms with E-state index in [4.69, 9.17) is 5.41 Å². The minimum atomic E-state index is -3.60. The van der Waals surface area contributed by atoms with E-state index in [2.05, 4.69) is 38.1 Å². The van der Waals surface area contributed by atoms with E-state index >= 15 is 0 Å². The molecule has 1 N–H and O–H groups in total. The quantitative estimate of drug-likeness (QED) is 0.588. The molecule has 3 heterocycles. The van der Waals surface area contributed by atoms with Crippen molar-refractivity contribution in [2.75, 3.05) is 18.8 Å². The Labute approximate surface area is 225 Å². The summed E-state index contributed by atoms with van der Waals surface area (Å²) in [6.07, 6.45) is 7.06. The van der Waals surface area contributed by atoms with Crippen molar-refractivity contribution in [3.05, 3.63) is 35.4 Å². The second-order valence-electron chi connectivity index (χ2n) is 13.3. The van der Waals surface area contributed by atoms with Gasteiger partial charge in [0.15, 0.2) is 0 Å². The summed E-state index contributed by atoms with van der Waals surface area (Å²) in [7, 11) is -3.60. The van der Waals surface area contributed by atoms with Crippen molar-refractivity contribution >= 4 is 27.8 Å². The van der Waals surface area contributed by atoms with Crippen molar-refractivity contribution in [1.29, 1.82) is 5.41 Å². The molecule has 1 unspecified atom stereocenters. The predicted octanol–water partition coefficient (Wildman–Crippen LogP) is 3.89. The fourth-order valence-electron chi connectivity index (χ4n) is 9.48. The number of piperidine rings is 1. The van der Waals surface area contributed by atoms with Gasteiger partial charge >= 0.3 is 6.03 Å². The van der Waals surface area contributed by atoms with E-state index in [-0.39, 0.29) is 34.2 Å².